The molecular weight excluding hydrogens is 402 g/mol. The van der Waals surface area contributed by atoms with Crippen molar-refractivity contribution in [3.05, 3.63) is 161 Å². The molecule has 0 spiro atoms. The van der Waals surface area contributed by atoms with E-state index >= 15 is 0 Å². The van der Waals surface area contributed by atoms with E-state index in [1.807, 2.05) is 42.6 Å². The molecule has 0 saturated carbocycles. The van der Waals surface area contributed by atoms with Crippen molar-refractivity contribution < 1.29 is 0 Å². The summed E-state index contributed by atoms with van der Waals surface area (Å²) in [6, 6.07) is 42.0. The van der Waals surface area contributed by atoms with E-state index in [0.717, 1.165) is 27.9 Å². The first-order valence-electron chi connectivity index (χ1n) is 11.0. The number of hydrogen-bond acceptors (Lipinski definition) is 2. The van der Waals surface area contributed by atoms with Crippen molar-refractivity contribution in [2.75, 3.05) is 0 Å². The maximum Gasteiger partial charge on any atom is 0.0991 e. The largest absolute Gasteiger partial charge is 0.351 e. The predicted octanol–water partition coefficient (Wildman–Crippen LogP) is 6.45. The highest BCUT2D eigenvalue weighted by atomic mass is 14.9. The van der Waals surface area contributed by atoms with Gasteiger partial charge in [0.2, 0.25) is 0 Å². The second-order valence-electron chi connectivity index (χ2n) is 8.07. The minimum Gasteiger partial charge on any atom is -0.351 e. The summed E-state index contributed by atoms with van der Waals surface area (Å²) in [5.74, 6) is -0.177. The van der Waals surface area contributed by atoms with Crippen LogP contribution in [0.15, 0.2) is 128 Å². The van der Waals surface area contributed by atoms with Gasteiger partial charge in [0.25, 0.3) is 0 Å². The minimum atomic E-state index is -0.576. The van der Waals surface area contributed by atoms with Gasteiger partial charge in [0.05, 0.1) is 29.1 Å². The van der Waals surface area contributed by atoms with Gasteiger partial charge in [-0.25, -0.2) is 4.98 Å². The molecule has 3 heteroatoms. The van der Waals surface area contributed by atoms with Crippen molar-refractivity contribution >= 4 is 0 Å². The fraction of sp³-hybridized carbons (Fsp3) is 0.0667. The highest BCUT2D eigenvalue weighted by Crippen LogP contribution is 2.52. The van der Waals surface area contributed by atoms with E-state index in [2.05, 4.69) is 89.9 Å². The van der Waals surface area contributed by atoms with E-state index in [4.69, 9.17) is 4.98 Å². The molecule has 1 unspecified atom stereocenters. The van der Waals surface area contributed by atoms with Crippen LogP contribution in [0, 0.1) is 11.3 Å². The number of H-pyrrole nitrogens is 1. The number of benzene rings is 4. The van der Waals surface area contributed by atoms with E-state index in [0.29, 0.717) is 5.56 Å². The first-order valence-corrected chi connectivity index (χ1v) is 11.0. The molecule has 3 nitrogen and oxygen atoms in total. The van der Waals surface area contributed by atoms with E-state index < -0.39 is 5.41 Å². The monoisotopic (exact) mass is 425 g/mol. The van der Waals surface area contributed by atoms with Gasteiger partial charge >= 0.3 is 0 Å². The molecule has 1 atom stereocenters. The molecule has 0 bridgehead atoms. The predicted molar refractivity (Wildman–Crippen MR) is 131 cm³/mol. The molecule has 1 N–H and O–H groups in total. The number of imidazole rings is 1. The summed E-state index contributed by atoms with van der Waals surface area (Å²) >= 11 is 0. The summed E-state index contributed by atoms with van der Waals surface area (Å²) in [6.07, 6.45) is 3.69. The topological polar surface area (TPSA) is 52.5 Å². The van der Waals surface area contributed by atoms with Crippen LogP contribution >= 0.6 is 0 Å². The smallest absolute Gasteiger partial charge is 0.0991 e. The van der Waals surface area contributed by atoms with Gasteiger partial charge in [-0.15, -0.1) is 0 Å². The Hall–Kier alpha value is -4.42. The number of hydrogen-bond donors (Lipinski definition) is 1. The maximum atomic E-state index is 9.66. The summed E-state index contributed by atoms with van der Waals surface area (Å²) in [5, 5.41) is 9.66. The van der Waals surface area contributed by atoms with Crippen molar-refractivity contribution in [3.8, 4) is 6.07 Å². The lowest BCUT2D eigenvalue weighted by Crippen LogP contribution is -2.37. The Kier molecular flexibility index (Phi) is 5.57. The Balaban J connectivity index is 1.94. The zero-order valence-electron chi connectivity index (χ0n) is 18.1. The molecule has 0 amide bonds. The SMILES string of the molecule is N#Cc1cccc(C(c2c[nH]cn2)C(c2ccccc2)(c2ccccc2)c2ccccc2)c1. The average molecular weight is 426 g/mol. The number of nitrogens with zero attached hydrogens (tertiary/aromatic N) is 2. The van der Waals surface area contributed by atoms with Gasteiger partial charge < -0.3 is 4.98 Å². The zero-order valence-corrected chi connectivity index (χ0v) is 18.1. The van der Waals surface area contributed by atoms with Crippen molar-refractivity contribution in [3.63, 3.8) is 0 Å². The molecule has 0 aliphatic rings. The molecule has 4 aromatic carbocycles. The third-order valence-electron chi connectivity index (χ3n) is 6.28. The highest BCUT2D eigenvalue weighted by Gasteiger charge is 2.46. The molecule has 0 aliphatic carbocycles. The second-order valence-corrected chi connectivity index (χ2v) is 8.07. The van der Waals surface area contributed by atoms with Crippen LogP contribution in [0.25, 0.3) is 0 Å². The Bertz CT molecular complexity index is 1260. The lowest BCUT2D eigenvalue weighted by Gasteiger charge is -2.42. The number of nitriles is 1. The van der Waals surface area contributed by atoms with Crippen molar-refractivity contribution in [2.45, 2.75) is 11.3 Å². The molecule has 1 aromatic heterocycles. The van der Waals surface area contributed by atoms with Crippen LogP contribution in [0.4, 0.5) is 0 Å². The first kappa shape index (κ1) is 20.5. The Labute approximate surface area is 194 Å². The normalized spacial score (nSPS) is 12.1. The fourth-order valence-corrected chi connectivity index (χ4v) is 4.96. The second kappa shape index (κ2) is 8.98. The number of rotatable bonds is 6. The molecule has 1 heterocycles. The van der Waals surface area contributed by atoms with Crippen LogP contribution < -0.4 is 0 Å². The summed E-state index contributed by atoms with van der Waals surface area (Å²) in [5.41, 5.74) is 5.51. The molecule has 5 rings (SSSR count). The van der Waals surface area contributed by atoms with Gasteiger partial charge in [-0.3, -0.25) is 0 Å². The van der Waals surface area contributed by atoms with Crippen LogP contribution in [-0.4, -0.2) is 9.97 Å². The molecule has 0 fully saturated rings. The van der Waals surface area contributed by atoms with Gasteiger partial charge in [0.15, 0.2) is 0 Å². The first-order chi connectivity index (χ1) is 16.3. The minimum absolute atomic E-state index is 0.177. The summed E-state index contributed by atoms with van der Waals surface area (Å²) in [7, 11) is 0. The van der Waals surface area contributed by atoms with E-state index in [-0.39, 0.29) is 5.92 Å². The van der Waals surface area contributed by atoms with Crippen molar-refractivity contribution in [1.29, 1.82) is 5.26 Å². The average Bonchev–Trinajstić information content (AvgIpc) is 3.43. The van der Waals surface area contributed by atoms with Crippen molar-refractivity contribution in [1.82, 2.24) is 9.97 Å². The third kappa shape index (κ3) is 3.62. The maximum absolute atomic E-state index is 9.66. The zero-order chi connectivity index (χ0) is 22.5. The summed E-state index contributed by atoms with van der Waals surface area (Å²) in [4.78, 5) is 7.91. The van der Waals surface area contributed by atoms with Crippen LogP contribution in [0.3, 0.4) is 0 Å². The van der Waals surface area contributed by atoms with Crippen LogP contribution in [0.5, 0.6) is 0 Å². The molecule has 33 heavy (non-hydrogen) atoms. The number of aromatic nitrogens is 2. The number of aromatic amines is 1. The quantitative estimate of drug-likeness (QED) is 0.318. The molecule has 5 aromatic rings. The van der Waals surface area contributed by atoms with Gasteiger partial charge in [-0.1, -0.05) is 103 Å². The summed E-state index contributed by atoms with van der Waals surface area (Å²) in [6.45, 7) is 0. The molecule has 0 aliphatic heterocycles. The highest BCUT2D eigenvalue weighted by molar-refractivity contribution is 5.57. The van der Waals surface area contributed by atoms with Crippen LogP contribution in [0.2, 0.25) is 0 Å². The van der Waals surface area contributed by atoms with E-state index in [1.165, 1.54) is 0 Å². The molecule has 158 valence electrons. The van der Waals surface area contributed by atoms with E-state index in [1.54, 1.807) is 6.33 Å². The third-order valence-corrected chi connectivity index (χ3v) is 6.28. The summed E-state index contributed by atoms with van der Waals surface area (Å²) < 4.78 is 0. The standard InChI is InChI=1S/C30H23N3/c31-20-23-11-10-12-24(19-23)29(28-21-32-22-33-28)30(25-13-4-1-5-14-25,26-15-6-2-7-16-26)27-17-8-3-9-18-27/h1-19,21-22,29H,(H,32,33). The van der Waals surface area contributed by atoms with Crippen LogP contribution in [-0.2, 0) is 5.41 Å². The van der Waals surface area contributed by atoms with Gasteiger partial charge in [0, 0.05) is 12.1 Å². The van der Waals surface area contributed by atoms with Gasteiger partial charge in [-0.2, -0.15) is 5.26 Å². The fourth-order valence-electron chi connectivity index (χ4n) is 4.96. The number of nitrogens with one attached hydrogen (secondary N) is 1. The lowest BCUT2D eigenvalue weighted by atomic mass is 9.59. The lowest BCUT2D eigenvalue weighted by molar-refractivity contribution is 0.528. The Morgan fingerprint density at radius 2 is 1.24 bits per heavy atom. The molecule has 0 saturated heterocycles. The molecule has 0 radical (unpaired) electrons. The Morgan fingerprint density at radius 3 is 1.70 bits per heavy atom. The van der Waals surface area contributed by atoms with Crippen molar-refractivity contribution in [2.24, 2.45) is 0 Å². The van der Waals surface area contributed by atoms with Crippen LogP contribution in [0.1, 0.15) is 39.4 Å². The van der Waals surface area contributed by atoms with Gasteiger partial charge in [-0.05, 0) is 34.4 Å². The molecular formula is C30H23N3. The van der Waals surface area contributed by atoms with Gasteiger partial charge in [0.1, 0.15) is 0 Å². The van der Waals surface area contributed by atoms with E-state index in [9.17, 15) is 5.26 Å². The Morgan fingerprint density at radius 1 is 0.697 bits per heavy atom.